The number of rotatable bonds is 4. The molecule has 0 aliphatic carbocycles. The Labute approximate surface area is 115 Å². The number of nitrogens with one attached hydrogen (secondary N) is 1. The molecule has 0 aliphatic heterocycles. The fourth-order valence-electron chi connectivity index (χ4n) is 1.86. The molecule has 1 heterocycles. The first-order valence-corrected chi connectivity index (χ1v) is 5.95. The van der Waals surface area contributed by atoms with Crippen LogP contribution in [0.3, 0.4) is 0 Å². The Morgan fingerprint density at radius 3 is 2.84 bits per heavy atom. The number of halogens is 2. The molecule has 0 amide bonds. The maximum absolute atomic E-state index is 13.4. The third kappa shape index (κ3) is 2.84. The Morgan fingerprint density at radius 2 is 2.21 bits per heavy atom. The Balaban J connectivity index is 2.54. The molecular formula is C13H13ClFN3O. The normalized spacial score (nSPS) is 12.2. The van der Waals surface area contributed by atoms with Gasteiger partial charge in [0.25, 0.3) is 0 Å². The van der Waals surface area contributed by atoms with Gasteiger partial charge in [0.05, 0.1) is 23.9 Å². The molecule has 6 heteroatoms. The average molecular weight is 282 g/mol. The monoisotopic (exact) mass is 281 g/mol. The minimum Gasteiger partial charge on any atom is -0.496 e. The zero-order valence-electron chi connectivity index (χ0n) is 10.2. The van der Waals surface area contributed by atoms with Crippen LogP contribution >= 0.6 is 11.6 Å². The number of hydrogen-bond acceptors (Lipinski definition) is 4. The van der Waals surface area contributed by atoms with E-state index in [1.165, 1.54) is 25.3 Å². The van der Waals surface area contributed by atoms with Crippen molar-refractivity contribution in [2.75, 3.05) is 7.11 Å². The number of hydrogen-bond donors (Lipinski definition) is 2. The molecule has 2 aromatic rings. The van der Waals surface area contributed by atoms with Crippen LogP contribution in [0.1, 0.15) is 17.3 Å². The molecule has 0 saturated heterocycles. The van der Waals surface area contributed by atoms with Gasteiger partial charge in [-0.05, 0) is 30.3 Å². The molecule has 0 radical (unpaired) electrons. The molecule has 4 nitrogen and oxygen atoms in total. The SMILES string of the molecule is COc1ccc(F)cc1C(NN)c1ncccc1Cl. The summed E-state index contributed by atoms with van der Waals surface area (Å²) in [5, 5.41) is 0.441. The van der Waals surface area contributed by atoms with Crippen molar-refractivity contribution in [2.45, 2.75) is 6.04 Å². The highest BCUT2D eigenvalue weighted by molar-refractivity contribution is 6.31. The van der Waals surface area contributed by atoms with Gasteiger partial charge in [-0.1, -0.05) is 11.6 Å². The second-order valence-electron chi connectivity index (χ2n) is 3.86. The molecule has 19 heavy (non-hydrogen) atoms. The van der Waals surface area contributed by atoms with E-state index in [1.807, 2.05) is 0 Å². The van der Waals surface area contributed by atoms with Crippen LogP contribution in [-0.4, -0.2) is 12.1 Å². The van der Waals surface area contributed by atoms with Gasteiger partial charge in [0.2, 0.25) is 0 Å². The summed E-state index contributed by atoms with van der Waals surface area (Å²) in [7, 11) is 1.50. The summed E-state index contributed by atoms with van der Waals surface area (Å²) in [4.78, 5) is 4.18. The van der Waals surface area contributed by atoms with Crippen molar-refractivity contribution in [3.05, 3.63) is 58.6 Å². The first-order valence-electron chi connectivity index (χ1n) is 5.57. The van der Waals surface area contributed by atoms with Gasteiger partial charge < -0.3 is 4.74 Å². The van der Waals surface area contributed by atoms with Crippen LogP contribution in [-0.2, 0) is 0 Å². The molecule has 0 bridgehead atoms. The van der Waals surface area contributed by atoms with Crippen LogP contribution in [0.5, 0.6) is 5.75 Å². The van der Waals surface area contributed by atoms with Gasteiger partial charge in [-0.2, -0.15) is 0 Å². The number of pyridine rings is 1. The van der Waals surface area contributed by atoms with E-state index in [9.17, 15) is 4.39 Å². The Bertz CT molecular complexity index is 580. The minimum absolute atomic E-state index is 0.386. The van der Waals surface area contributed by atoms with E-state index in [1.54, 1.807) is 18.3 Å². The van der Waals surface area contributed by atoms with Gasteiger partial charge in [0.15, 0.2) is 0 Å². The molecule has 1 unspecified atom stereocenters. The van der Waals surface area contributed by atoms with Gasteiger partial charge in [0.1, 0.15) is 11.6 Å². The lowest BCUT2D eigenvalue weighted by Gasteiger charge is -2.19. The summed E-state index contributed by atoms with van der Waals surface area (Å²) in [6.07, 6.45) is 1.59. The van der Waals surface area contributed by atoms with E-state index < -0.39 is 6.04 Å². The Morgan fingerprint density at radius 1 is 1.42 bits per heavy atom. The first-order chi connectivity index (χ1) is 9.17. The molecule has 0 saturated carbocycles. The Hall–Kier alpha value is -1.69. The molecule has 0 aliphatic rings. The Kier molecular flexibility index (Phi) is 4.31. The molecule has 2 rings (SSSR count). The van der Waals surface area contributed by atoms with Gasteiger partial charge in [-0.3, -0.25) is 10.8 Å². The summed E-state index contributed by atoms with van der Waals surface area (Å²) in [5.74, 6) is 5.67. The maximum atomic E-state index is 13.4. The predicted molar refractivity (Wildman–Crippen MR) is 71.4 cm³/mol. The van der Waals surface area contributed by atoms with E-state index >= 15 is 0 Å². The predicted octanol–water partition coefficient (Wildman–Crippen LogP) is 2.44. The van der Waals surface area contributed by atoms with E-state index in [2.05, 4.69) is 10.4 Å². The average Bonchev–Trinajstić information content (AvgIpc) is 2.42. The van der Waals surface area contributed by atoms with Crippen molar-refractivity contribution in [2.24, 2.45) is 5.84 Å². The van der Waals surface area contributed by atoms with Gasteiger partial charge >= 0.3 is 0 Å². The van der Waals surface area contributed by atoms with Gasteiger partial charge in [-0.25, -0.2) is 9.82 Å². The number of nitrogens with zero attached hydrogens (tertiary/aromatic N) is 1. The smallest absolute Gasteiger partial charge is 0.124 e. The highest BCUT2D eigenvalue weighted by atomic mass is 35.5. The highest BCUT2D eigenvalue weighted by Gasteiger charge is 2.21. The molecule has 3 N–H and O–H groups in total. The largest absolute Gasteiger partial charge is 0.496 e. The lowest BCUT2D eigenvalue weighted by molar-refractivity contribution is 0.402. The summed E-state index contributed by atoms with van der Waals surface area (Å²) >= 11 is 6.09. The van der Waals surface area contributed by atoms with Crippen LogP contribution in [0, 0.1) is 5.82 Å². The molecule has 0 spiro atoms. The molecule has 1 aromatic carbocycles. The quantitative estimate of drug-likeness (QED) is 0.667. The fraction of sp³-hybridized carbons (Fsp3) is 0.154. The van der Waals surface area contributed by atoms with Gasteiger partial charge in [-0.15, -0.1) is 0 Å². The number of nitrogens with two attached hydrogens (primary N) is 1. The maximum Gasteiger partial charge on any atom is 0.124 e. The topological polar surface area (TPSA) is 60.2 Å². The lowest BCUT2D eigenvalue weighted by Crippen LogP contribution is -2.30. The van der Waals surface area contributed by atoms with Crippen molar-refractivity contribution in [3.8, 4) is 5.75 Å². The van der Waals surface area contributed by atoms with Crippen LogP contribution in [0.25, 0.3) is 0 Å². The number of aromatic nitrogens is 1. The number of ether oxygens (including phenoxy) is 1. The second-order valence-corrected chi connectivity index (χ2v) is 4.26. The summed E-state index contributed by atoms with van der Waals surface area (Å²) < 4.78 is 18.6. The van der Waals surface area contributed by atoms with Crippen LogP contribution in [0.4, 0.5) is 4.39 Å². The third-order valence-corrected chi connectivity index (χ3v) is 3.05. The number of methoxy groups -OCH3 is 1. The van der Waals surface area contributed by atoms with Crippen LogP contribution in [0.2, 0.25) is 5.02 Å². The highest BCUT2D eigenvalue weighted by Crippen LogP contribution is 2.32. The van der Waals surface area contributed by atoms with Crippen LogP contribution in [0.15, 0.2) is 36.5 Å². The number of benzene rings is 1. The van der Waals surface area contributed by atoms with Crippen molar-refractivity contribution in [1.29, 1.82) is 0 Å². The zero-order chi connectivity index (χ0) is 13.8. The van der Waals surface area contributed by atoms with Gasteiger partial charge in [0, 0.05) is 11.8 Å². The molecular weight excluding hydrogens is 269 g/mol. The van der Waals surface area contributed by atoms with E-state index in [-0.39, 0.29) is 5.82 Å². The summed E-state index contributed by atoms with van der Waals surface area (Å²) in [6.45, 7) is 0. The second kappa shape index (κ2) is 5.97. The van der Waals surface area contributed by atoms with Crippen molar-refractivity contribution >= 4 is 11.6 Å². The molecule has 0 fully saturated rings. The van der Waals surface area contributed by atoms with Crippen molar-refractivity contribution in [3.63, 3.8) is 0 Å². The third-order valence-electron chi connectivity index (χ3n) is 2.73. The summed E-state index contributed by atoms with van der Waals surface area (Å²) in [5.41, 5.74) is 3.63. The van der Waals surface area contributed by atoms with Crippen LogP contribution < -0.4 is 16.0 Å². The van der Waals surface area contributed by atoms with Crippen molar-refractivity contribution in [1.82, 2.24) is 10.4 Å². The first kappa shape index (κ1) is 13.7. The molecule has 100 valence electrons. The zero-order valence-corrected chi connectivity index (χ0v) is 11.0. The number of hydrazine groups is 1. The summed E-state index contributed by atoms with van der Waals surface area (Å²) in [6, 6.07) is 7.04. The minimum atomic E-state index is -0.556. The van der Waals surface area contributed by atoms with E-state index in [0.717, 1.165) is 0 Å². The molecule has 1 atom stereocenters. The molecule has 1 aromatic heterocycles. The van der Waals surface area contributed by atoms with E-state index in [0.29, 0.717) is 22.0 Å². The van der Waals surface area contributed by atoms with Crippen molar-refractivity contribution < 1.29 is 9.13 Å². The fourth-order valence-corrected chi connectivity index (χ4v) is 2.09. The lowest BCUT2D eigenvalue weighted by atomic mass is 10.0. The van der Waals surface area contributed by atoms with E-state index in [4.69, 9.17) is 22.2 Å². The standard InChI is InChI=1S/C13H13ClFN3O/c1-19-11-5-4-8(15)7-9(11)12(18-16)13-10(14)3-2-6-17-13/h2-7,12,18H,16H2,1H3.